The molecule has 0 bridgehead atoms. The van der Waals surface area contributed by atoms with Crippen LogP contribution in [0.25, 0.3) is 0 Å². The summed E-state index contributed by atoms with van der Waals surface area (Å²) in [4.78, 5) is 30.8. The van der Waals surface area contributed by atoms with Crippen molar-refractivity contribution in [2.75, 3.05) is 0 Å². The number of hydrogen-bond donors (Lipinski definition) is 0. The van der Waals surface area contributed by atoms with E-state index in [9.17, 15) is 14.4 Å². The van der Waals surface area contributed by atoms with E-state index in [1.165, 1.54) is 12.0 Å². The van der Waals surface area contributed by atoms with Crippen molar-refractivity contribution in [1.82, 2.24) is 0 Å². The third-order valence-corrected chi connectivity index (χ3v) is 1.51. The van der Waals surface area contributed by atoms with Gasteiger partial charge in [0, 0.05) is 27.5 Å². The van der Waals surface area contributed by atoms with Gasteiger partial charge in [0.15, 0.2) is 0 Å². The van der Waals surface area contributed by atoms with Gasteiger partial charge in [-0.05, 0) is 6.08 Å². The molecule has 1 aliphatic carbocycles. The third-order valence-electron chi connectivity index (χ3n) is 1.51. The topological polar surface area (TPSA) is 51.2 Å². The SMILES string of the molecule is O=C=C1C=CCC(=C=O)C1=C=O.[W]. The molecule has 0 fully saturated rings. The molecule has 13 heavy (non-hydrogen) atoms. The fourth-order valence-electron chi connectivity index (χ4n) is 0.937. The van der Waals surface area contributed by atoms with Crippen LogP contribution in [0.15, 0.2) is 28.9 Å². The Morgan fingerprint density at radius 1 is 1.08 bits per heavy atom. The molecule has 0 heterocycles. The van der Waals surface area contributed by atoms with E-state index in [-0.39, 0.29) is 37.8 Å². The van der Waals surface area contributed by atoms with Crippen molar-refractivity contribution in [3.63, 3.8) is 0 Å². The van der Waals surface area contributed by atoms with Crippen molar-refractivity contribution in [1.29, 1.82) is 0 Å². The summed E-state index contributed by atoms with van der Waals surface area (Å²) >= 11 is 0. The molecule has 0 atom stereocenters. The molecule has 0 spiro atoms. The molecule has 0 saturated carbocycles. The Balaban J connectivity index is 0.00000144. The van der Waals surface area contributed by atoms with E-state index in [1.54, 1.807) is 18.0 Å². The van der Waals surface area contributed by atoms with E-state index < -0.39 is 0 Å². The molecule has 4 heteroatoms. The van der Waals surface area contributed by atoms with Gasteiger partial charge in [0.2, 0.25) is 0 Å². The summed E-state index contributed by atoms with van der Waals surface area (Å²) in [7, 11) is 0. The van der Waals surface area contributed by atoms with E-state index in [4.69, 9.17) is 0 Å². The van der Waals surface area contributed by atoms with Gasteiger partial charge in [-0.2, -0.15) is 0 Å². The Labute approximate surface area is 88.8 Å². The van der Waals surface area contributed by atoms with Gasteiger partial charge in [0.1, 0.15) is 17.8 Å². The minimum absolute atomic E-state index is 0. The summed E-state index contributed by atoms with van der Waals surface area (Å²) in [5, 5.41) is 0. The fraction of sp³-hybridized carbons (Fsp3) is 0.111. The van der Waals surface area contributed by atoms with Gasteiger partial charge in [0.25, 0.3) is 0 Å². The van der Waals surface area contributed by atoms with Crippen LogP contribution in [0.1, 0.15) is 6.42 Å². The average molecular weight is 344 g/mol. The standard InChI is InChI=1S/C9H4O3.W/c10-4-7-2-1-3-8(5-11)9(7)6-12;/h1-2H,3H2;. The third kappa shape index (κ3) is 2.36. The summed E-state index contributed by atoms with van der Waals surface area (Å²) in [6.07, 6.45) is 3.36. The first-order chi connectivity index (χ1) is 5.83. The molecule has 64 valence electrons. The van der Waals surface area contributed by atoms with Gasteiger partial charge in [-0.1, -0.05) is 6.08 Å². The largest absolute Gasteiger partial charge is 0.233 e. The van der Waals surface area contributed by atoms with Crippen LogP contribution < -0.4 is 0 Å². The van der Waals surface area contributed by atoms with Crippen molar-refractivity contribution in [3.8, 4) is 0 Å². The molecular weight excluding hydrogens is 340 g/mol. The smallest absolute Gasteiger partial charge is 0.134 e. The van der Waals surface area contributed by atoms with Crippen LogP contribution in [0, 0.1) is 0 Å². The van der Waals surface area contributed by atoms with Crippen molar-refractivity contribution in [2.45, 2.75) is 6.42 Å². The summed E-state index contributed by atoms with van der Waals surface area (Å²) in [5.41, 5.74) is 0.197. The van der Waals surface area contributed by atoms with Crippen molar-refractivity contribution in [2.24, 2.45) is 0 Å². The Kier molecular flexibility index (Phi) is 4.92. The van der Waals surface area contributed by atoms with Crippen LogP contribution >= 0.6 is 0 Å². The average Bonchev–Trinajstić information content (AvgIpc) is 2.16. The van der Waals surface area contributed by atoms with Crippen molar-refractivity contribution >= 4 is 17.8 Å². The summed E-state index contributed by atoms with van der Waals surface area (Å²) in [5.74, 6) is 4.66. The predicted molar refractivity (Wildman–Crippen MR) is 41.4 cm³/mol. The Morgan fingerprint density at radius 2 is 1.77 bits per heavy atom. The fourth-order valence-corrected chi connectivity index (χ4v) is 0.937. The van der Waals surface area contributed by atoms with Gasteiger partial charge < -0.3 is 0 Å². The summed E-state index contributed by atoms with van der Waals surface area (Å²) < 4.78 is 0. The molecule has 0 aromatic carbocycles. The number of allylic oxidation sites excluding steroid dienone is 5. The normalized spacial score (nSPS) is 14.0. The van der Waals surface area contributed by atoms with Gasteiger partial charge in [0.05, 0.1) is 16.7 Å². The molecule has 0 aliphatic heterocycles. The molecule has 0 aromatic rings. The molecular formula is C9H4O3W. The maximum absolute atomic E-state index is 10.3. The Bertz CT molecular complexity index is 387. The monoisotopic (exact) mass is 344 g/mol. The first kappa shape index (κ1) is 11.8. The van der Waals surface area contributed by atoms with Crippen molar-refractivity contribution < 1.29 is 35.4 Å². The molecule has 0 unspecified atom stereocenters. The zero-order valence-corrected chi connectivity index (χ0v) is 9.43. The first-order valence-corrected chi connectivity index (χ1v) is 3.25. The second kappa shape index (κ2) is 5.43. The second-order valence-corrected chi connectivity index (χ2v) is 2.18. The van der Waals surface area contributed by atoms with Gasteiger partial charge >= 0.3 is 0 Å². The van der Waals surface area contributed by atoms with Crippen molar-refractivity contribution in [3.05, 3.63) is 28.9 Å². The van der Waals surface area contributed by atoms with Crippen LogP contribution in [0.5, 0.6) is 0 Å². The van der Waals surface area contributed by atoms with Crippen LogP contribution in [0.4, 0.5) is 0 Å². The maximum atomic E-state index is 10.3. The minimum atomic E-state index is -0.0255. The molecule has 0 amide bonds. The zero-order chi connectivity index (χ0) is 8.97. The Morgan fingerprint density at radius 3 is 2.23 bits per heavy atom. The minimum Gasteiger partial charge on any atom is -0.233 e. The molecule has 0 aromatic heterocycles. The number of hydrogen-bond acceptors (Lipinski definition) is 3. The molecule has 0 radical (unpaired) electrons. The van der Waals surface area contributed by atoms with Crippen LogP contribution in [-0.2, 0) is 35.4 Å². The van der Waals surface area contributed by atoms with Gasteiger partial charge in [-0.25, -0.2) is 14.4 Å². The van der Waals surface area contributed by atoms with E-state index in [0.29, 0.717) is 6.42 Å². The Hall–Kier alpha value is -1.22. The zero-order valence-electron chi connectivity index (χ0n) is 6.49. The first-order valence-electron chi connectivity index (χ1n) is 3.25. The summed E-state index contributed by atoms with van der Waals surface area (Å²) in [6.45, 7) is 0. The predicted octanol–water partition coefficient (Wildman–Crippen LogP) is 0.218. The number of rotatable bonds is 0. The maximum Gasteiger partial charge on any atom is 0.134 e. The molecule has 1 rings (SSSR count). The quantitative estimate of drug-likeness (QED) is 0.591. The van der Waals surface area contributed by atoms with Crippen LogP contribution in [0.2, 0.25) is 0 Å². The molecule has 1 aliphatic rings. The molecule has 0 N–H and O–H groups in total. The van der Waals surface area contributed by atoms with Crippen LogP contribution in [-0.4, -0.2) is 17.8 Å². The van der Waals surface area contributed by atoms with E-state index >= 15 is 0 Å². The van der Waals surface area contributed by atoms with Crippen LogP contribution in [0.3, 0.4) is 0 Å². The van der Waals surface area contributed by atoms with Gasteiger partial charge in [-0.15, -0.1) is 0 Å². The molecule has 3 nitrogen and oxygen atoms in total. The molecule has 0 saturated heterocycles. The second-order valence-electron chi connectivity index (χ2n) is 2.18. The van der Waals surface area contributed by atoms with E-state index in [1.807, 2.05) is 0 Å². The summed E-state index contributed by atoms with van der Waals surface area (Å²) in [6, 6.07) is 0. The number of carbonyl (C=O) groups excluding carboxylic acids is 3. The van der Waals surface area contributed by atoms with E-state index in [2.05, 4.69) is 0 Å². The van der Waals surface area contributed by atoms with Gasteiger partial charge in [-0.3, -0.25) is 0 Å². The van der Waals surface area contributed by atoms with E-state index in [0.717, 1.165) is 0 Å².